The summed E-state index contributed by atoms with van der Waals surface area (Å²) in [5, 5.41) is 6.72. The summed E-state index contributed by atoms with van der Waals surface area (Å²) in [6.45, 7) is 3.28. The van der Waals surface area contributed by atoms with Gasteiger partial charge in [-0.1, -0.05) is 48.5 Å². The normalized spacial score (nSPS) is 13.7. The molecule has 0 unspecified atom stereocenters. The van der Waals surface area contributed by atoms with Gasteiger partial charge < -0.3 is 32.3 Å². The summed E-state index contributed by atoms with van der Waals surface area (Å²) in [5.74, 6) is -0.867. The van der Waals surface area contributed by atoms with Crippen LogP contribution in [0.15, 0.2) is 66.9 Å². The second kappa shape index (κ2) is 17.8. The van der Waals surface area contributed by atoms with Crippen LogP contribution in [-0.4, -0.2) is 90.7 Å². The highest BCUT2D eigenvalue weighted by Crippen LogP contribution is 2.15. The number of quaternary nitrogens is 1. The first-order valence-corrected chi connectivity index (χ1v) is 15.9. The Kier molecular flexibility index (Phi) is 14.2. The minimum absolute atomic E-state index is 0.118. The van der Waals surface area contributed by atoms with Gasteiger partial charge >= 0.3 is 0 Å². The molecule has 0 aliphatic carbocycles. The van der Waals surface area contributed by atoms with Crippen LogP contribution < -0.4 is 27.8 Å². The number of amides is 2. The second-order valence-corrected chi connectivity index (χ2v) is 12.0. The monoisotopic (exact) mass is 622 g/mol. The van der Waals surface area contributed by atoms with Crippen molar-refractivity contribution in [1.29, 1.82) is 0 Å². The molecule has 3 aromatic rings. The van der Waals surface area contributed by atoms with E-state index in [1.165, 1.54) is 0 Å². The fraction of sp³-hybridized carbons (Fsp3) is 0.455. The fourth-order valence-electron chi connectivity index (χ4n) is 5.35. The largest absolute Gasteiger partial charge is 0.344 e. The maximum absolute atomic E-state index is 13.8. The molecule has 0 fully saturated rings. The number of rotatable bonds is 19. The molecule has 8 N–H and O–H groups in total. The van der Waals surface area contributed by atoms with Crippen molar-refractivity contribution in [2.45, 2.75) is 50.2 Å². The van der Waals surface area contributed by atoms with Crippen molar-refractivity contribution >= 4 is 41.1 Å². The van der Waals surface area contributed by atoms with Crippen LogP contribution in [0.4, 0.5) is 0 Å². The smallest absolute Gasteiger partial charge is 0.243 e. The quantitative estimate of drug-likeness (QED) is 0.0867. The molecular formula is C33H48N7O3S+. The van der Waals surface area contributed by atoms with Gasteiger partial charge in [0.15, 0.2) is 5.78 Å². The van der Waals surface area contributed by atoms with Crippen molar-refractivity contribution < 1.29 is 18.9 Å². The van der Waals surface area contributed by atoms with Gasteiger partial charge in [-0.25, -0.2) is 0 Å². The van der Waals surface area contributed by atoms with E-state index in [9.17, 15) is 14.4 Å². The molecular weight excluding hydrogens is 574 g/mol. The molecule has 3 atom stereocenters. The SMILES string of the molecule is C[N+](CCN)(CCN)CCC[C@H](NC(=O)[C@@H](N)CS)C(=O)N[C@H](CCc1ccccc1)C(=O)Cc1cnc2ccccc2c1. The van der Waals surface area contributed by atoms with Crippen LogP contribution in [0.2, 0.25) is 0 Å². The summed E-state index contributed by atoms with van der Waals surface area (Å²) in [6.07, 6.45) is 3.84. The first-order valence-electron chi connectivity index (χ1n) is 15.3. The number of thiol groups is 1. The predicted molar refractivity (Wildman–Crippen MR) is 179 cm³/mol. The number of ketones is 1. The number of Topliss-reactive ketones (excluding diaryl/α,β-unsaturated/α-hetero) is 1. The number of hydrogen-bond donors (Lipinski definition) is 6. The van der Waals surface area contributed by atoms with Gasteiger partial charge in [-0.3, -0.25) is 19.4 Å². The highest BCUT2D eigenvalue weighted by molar-refractivity contribution is 7.80. The number of fused-ring (bicyclic) bond motifs is 1. The molecule has 10 nitrogen and oxygen atoms in total. The minimum atomic E-state index is -0.869. The molecule has 44 heavy (non-hydrogen) atoms. The third-order valence-electron chi connectivity index (χ3n) is 7.99. The third kappa shape index (κ3) is 11.0. The summed E-state index contributed by atoms with van der Waals surface area (Å²) in [5.41, 5.74) is 20.3. The molecule has 3 rings (SSSR count). The maximum atomic E-state index is 13.8. The molecule has 11 heteroatoms. The number of para-hydroxylation sites is 1. The number of benzene rings is 2. The van der Waals surface area contributed by atoms with Crippen molar-refractivity contribution in [1.82, 2.24) is 15.6 Å². The zero-order valence-electron chi connectivity index (χ0n) is 25.7. The number of carbonyl (C=O) groups excluding carboxylic acids is 3. The van der Waals surface area contributed by atoms with E-state index >= 15 is 0 Å². The number of nitrogens with zero attached hydrogens (tertiary/aromatic N) is 2. The van der Waals surface area contributed by atoms with Crippen LogP contribution in [0.3, 0.4) is 0 Å². The molecule has 2 aromatic carbocycles. The molecule has 0 aliphatic heterocycles. The zero-order chi connectivity index (χ0) is 32.0. The number of nitrogens with one attached hydrogen (secondary N) is 2. The Morgan fingerprint density at radius 1 is 0.864 bits per heavy atom. The Labute approximate surface area is 266 Å². The van der Waals surface area contributed by atoms with Crippen LogP contribution in [0, 0.1) is 0 Å². The molecule has 0 bridgehead atoms. The van der Waals surface area contributed by atoms with Crippen molar-refractivity contribution in [2.24, 2.45) is 17.2 Å². The third-order valence-corrected chi connectivity index (χ3v) is 8.38. The van der Waals surface area contributed by atoms with E-state index in [0.29, 0.717) is 43.3 Å². The molecule has 0 radical (unpaired) electrons. The van der Waals surface area contributed by atoms with Gasteiger partial charge in [-0.05, 0) is 48.9 Å². The average Bonchev–Trinajstić information content (AvgIpc) is 3.02. The Morgan fingerprint density at radius 2 is 1.52 bits per heavy atom. The predicted octanol–water partition coefficient (Wildman–Crippen LogP) is 1.35. The number of pyridine rings is 1. The van der Waals surface area contributed by atoms with Crippen LogP contribution in [0.1, 0.15) is 30.4 Å². The number of nitrogens with two attached hydrogens (primary N) is 3. The van der Waals surface area contributed by atoms with E-state index in [2.05, 4.69) is 35.3 Å². The molecule has 0 spiro atoms. The number of likely N-dealkylation sites (N-methyl/N-ethyl adjacent to an activating group) is 1. The highest BCUT2D eigenvalue weighted by atomic mass is 32.1. The van der Waals surface area contributed by atoms with Gasteiger partial charge in [0.1, 0.15) is 6.04 Å². The number of carbonyl (C=O) groups is 3. The average molecular weight is 623 g/mol. The Bertz CT molecular complexity index is 1350. The van der Waals surface area contributed by atoms with Gasteiger partial charge in [-0.2, -0.15) is 12.6 Å². The van der Waals surface area contributed by atoms with Crippen LogP contribution in [0.25, 0.3) is 10.9 Å². The van der Waals surface area contributed by atoms with Crippen molar-refractivity contribution in [3.8, 4) is 0 Å². The van der Waals surface area contributed by atoms with Crippen molar-refractivity contribution in [3.63, 3.8) is 0 Å². The molecule has 1 aromatic heterocycles. The van der Waals surface area contributed by atoms with E-state index in [1.807, 2.05) is 60.7 Å². The second-order valence-electron chi connectivity index (χ2n) is 11.6. The first kappa shape index (κ1) is 35.1. The Morgan fingerprint density at radius 3 is 2.20 bits per heavy atom. The summed E-state index contributed by atoms with van der Waals surface area (Å²) in [6, 6.07) is 17.0. The lowest BCUT2D eigenvalue weighted by Gasteiger charge is -2.34. The van der Waals surface area contributed by atoms with E-state index in [-0.39, 0.29) is 18.0 Å². The molecule has 1 heterocycles. The van der Waals surface area contributed by atoms with Gasteiger partial charge in [-0.15, -0.1) is 0 Å². The van der Waals surface area contributed by atoms with Crippen LogP contribution in [-0.2, 0) is 27.2 Å². The van der Waals surface area contributed by atoms with Gasteiger partial charge in [0.2, 0.25) is 11.8 Å². The van der Waals surface area contributed by atoms with E-state index in [1.54, 1.807) is 6.20 Å². The molecule has 0 saturated heterocycles. The van der Waals surface area contributed by atoms with Gasteiger partial charge in [0.05, 0.1) is 44.3 Å². The van der Waals surface area contributed by atoms with Gasteiger partial charge in [0.25, 0.3) is 0 Å². The summed E-state index contributed by atoms with van der Waals surface area (Å²) in [7, 11) is 2.09. The van der Waals surface area contributed by atoms with Crippen LogP contribution in [0.5, 0.6) is 0 Å². The molecule has 238 valence electrons. The number of aryl methyl sites for hydroxylation is 1. The number of hydrogen-bond acceptors (Lipinski definition) is 8. The van der Waals surface area contributed by atoms with E-state index in [0.717, 1.165) is 41.7 Å². The lowest BCUT2D eigenvalue weighted by atomic mass is 9.97. The van der Waals surface area contributed by atoms with Gasteiger partial charge in [0, 0.05) is 36.8 Å². The first-order chi connectivity index (χ1) is 21.2. The van der Waals surface area contributed by atoms with E-state index < -0.39 is 29.9 Å². The summed E-state index contributed by atoms with van der Waals surface area (Å²) < 4.78 is 0.670. The Hall–Kier alpha value is -3.35. The topological polar surface area (TPSA) is 166 Å². The van der Waals surface area contributed by atoms with Crippen molar-refractivity contribution in [2.75, 3.05) is 45.5 Å². The lowest BCUT2D eigenvalue weighted by Crippen LogP contribution is -2.55. The van der Waals surface area contributed by atoms with Crippen LogP contribution >= 0.6 is 12.6 Å². The van der Waals surface area contributed by atoms with Crippen molar-refractivity contribution in [3.05, 3.63) is 78.0 Å². The molecule has 2 amide bonds. The zero-order valence-corrected chi connectivity index (χ0v) is 26.6. The fourth-order valence-corrected chi connectivity index (χ4v) is 5.51. The summed E-state index contributed by atoms with van der Waals surface area (Å²) >= 11 is 4.14. The number of aromatic nitrogens is 1. The lowest BCUT2D eigenvalue weighted by molar-refractivity contribution is -0.907. The van der Waals surface area contributed by atoms with E-state index in [4.69, 9.17) is 17.2 Å². The molecule has 0 saturated carbocycles. The molecule has 0 aliphatic rings. The summed E-state index contributed by atoms with van der Waals surface area (Å²) in [4.78, 5) is 44.7. The maximum Gasteiger partial charge on any atom is 0.243 e. The Balaban J connectivity index is 1.78. The minimum Gasteiger partial charge on any atom is -0.344 e. The highest BCUT2D eigenvalue weighted by Gasteiger charge is 2.29. The standard InChI is InChI=1S/C33H47N7O3S/c1-40(18-15-34,19-16-35)17-7-12-30(39-32(42)27(36)23-44)33(43)38-29(14-13-24-8-3-2-4-9-24)31(41)21-25-20-26-10-5-6-11-28(26)37-22-25/h2-6,8-11,20,22,27,29-30H,7,12-19,21,23,34-36H2,1H3,(H2-,38,39,42,43,44)/p+1/t27-,29+,30-/m0/s1.